The highest BCUT2D eigenvalue weighted by Crippen LogP contribution is 2.11. The molecule has 17 heavy (non-hydrogen) atoms. The van der Waals surface area contributed by atoms with E-state index in [1.165, 1.54) is 0 Å². The summed E-state index contributed by atoms with van der Waals surface area (Å²) in [6.07, 6.45) is 3.62. The molecule has 0 aliphatic heterocycles. The summed E-state index contributed by atoms with van der Waals surface area (Å²) in [5, 5.41) is 6.93. The van der Waals surface area contributed by atoms with Gasteiger partial charge < -0.3 is 11.1 Å². The number of nitrogens with one attached hydrogen (secondary N) is 1. The Labute approximate surface area is 108 Å². The third-order valence-electron chi connectivity index (χ3n) is 2.60. The number of hydrogen-bond donors (Lipinski definition) is 2. The topological polar surface area (TPSA) is 72.9 Å². The summed E-state index contributed by atoms with van der Waals surface area (Å²) in [4.78, 5) is 11.7. The monoisotopic (exact) mass is 260 g/mol. The summed E-state index contributed by atoms with van der Waals surface area (Å²) >= 11 is 0. The fourth-order valence-electron chi connectivity index (χ4n) is 1.36. The minimum absolute atomic E-state index is 0. The zero-order valence-corrected chi connectivity index (χ0v) is 11.5. The van der Waals surface area contributed by atoms with Crippen molar-refractivity contribution < 1.29 is 4.79 Å². The van der Waals surface area contributed by atoms with Crippen molar-refractivity contribution in [2.24, 2.45) is 18.7 Å². The van der Waals surface area contributed by atoms with Crippen molar-refractivity contribution in [1.82, 2.24) is 15.1 Å². The molecular weight excluding hydrogens is 240 g/mol. The van der Waals surface area contributed by atoms with Crippen LogP contribution in [-0.4, -0.2) is 21.7 Å². The number of nitrogens with zero attached hydrogens (tertiary/aromatic N) is 2. The van der Waals surface area contributed by atoms with Gasteiger partial charge in [0.05, 0.1) is 18.3 Å². The first-order valence-electron chi connectivity index (χ1n) is 5.46. The molecule has 1 aromatic rings. The molecule has 0 bridgehead atoms. The van der Waals surface area contributed by atoms with Gasteiger partial charge in [0, 0.05) is 18.8 Å². The van der Waals surface area contributed by atoms with Crippen molar-refractivity contribution in [2.75, 3.05) is 0 Å². The van der Waals surface area contributed by atoms with E-state index in [9.17, 15) is 4.79 Å². The second-order valence-corrected chi connectivity index (χ2v) is 4.45. The Morgan fingerprint density at radius 1 is 1.47 bits per heavy atom. The number of rotatable bonds is 4. The van der Waals surface area contributed by atoms with E-state index in [2.05, 4.69) is 10.4 Å². The molecule has 1 amide bonds. The highest BCUT2D eigenvalue weighted by atomic mass is 35.5. The quantitative estimate of drug-likeness (QED) is 0.848. The van der Waals surface area contributed by atoms with Crippen LogP contribution in [0.3, 0.4) is 0 Å². The minimum Gasteiger partial charge on any atom is -0.348 e. The number of nitrogens with two attached hydrogens (primary N) is 1. The molecule has 3 N–H and O–H groups in total. The first-order valence-corrected chi connectivity index (χ1v) is 5.46. The molecule has 0 aromatic carbocycles. The highest BCUT2D eigenvalue weighted by Gasteiger charge is 2.19. The van der Waals surface area contributed by atoms with Crippen LogP contribution >= 0.6 is 12.4 Å². The van der Waals surface area contributed by atoms with Crippen LogP contribution in [-0.2, 0) is 11.8 Å². The van der Waals surface area contributed by atoms with Gasteiger partial charge in [-0.3, -0.25) is 9.48 Å². The summed E-state index contributed by atoms with van der Waals surface area (Å²) in [5.74, 6) is 0.0208. The van der Waals surface area contributed by atoms with Crippen LogP contribution in [0.25, 0.3) is 0 Å². The number of carbonyl (C=O) groups excluding carboxylic acids is 1. The first kappa shape index (κ1) is 15.9. The third kappa shape index (κ3) is 4.36. The molecule has 0 fully saturated rings. The number of amides is 1. The Morgan fingerprint density at radius 2 is 2.06 bits per heavy atom. The van der Waals surface area contributed by atoms with Crippen molar-refractivity contribution >= 4 is 18.3 Å². The molecule has 5 nitrogen and oxygen atoms in total. The molecule has 0 spiro atoms. The van der Waals surface area contributed by atoms with Crippen LogP contribution < -0.4 is 11.1 Å². The van der Waals surface area contributed by atoms with E-state index in [4.69, 9.17) is 5.73 Å². The predicted octanol–water partition coefficient (Wildman–Crippen LogP) is 1.00. The molecule has 0 saturated carbocycles. The summed E-state index contributed by atoms with van der Waals surface area (Å²) < 4.78 is 1.71. The lowest BCUT2D eigenvalue weighted by Crippen LogP contribution is -2.44. The summed E-state index contributed by atoms with van der Waals surface area (Å²) in [6, 6.07) is -0.523. The van der Waals surface area contributed by atoms with Gasteiger partial charge in [0.15, 0.2) is 0 Å². The molecule has 6 heteroatoms. The maximum Gasteiger partial charge on any atom is 0.237 e. The molecule has 98 valence electrons. The lowest BCUT2D eigenvalue weighted by Gasteiger charge is -2.18. The van der Waals surface area contributed by atoms with Crippen molar-refractivity contribution in [3.63, 3.8) is 0 Å². The van der Waals surface area contributed by atoms with E-state index in [1.807, 2.05) is 34.0 Å². The van der Waals surface area contributed by atoms with Crippen LogP contribution in [0, 0.1) is 5.92 Å². The van der Waals surface area contributed by atoms with Gasteiger partial charge in [0.2, 0.25) is 5.91 Å². The van der Waals surface area contributed by atoms with E-state index in [1.54, 1.807) is 10.9 Å². The van der Waals surface area contributed by atoms with Gasteiger partial charge in [0.1, 0.15) is 0 Å². The van der Waals surface area contributed by atoms with Crippen molar-refractivity contribution in [3.8, 4) is 0 Å². The van der Waals surface area contributed by atoms with Crippen LogP contribution in [0.4, 0.5) is 0 Å². The number of hydrogen-bond acceptors (Lipinski definition) is 3. The van der Waals surface area contributed by atoms with E-state index in [0.717, 1.165) is 5.56 Å². The number of aryl methyl sites for hydroxylation is 1. The van der Waals surface area contributed by atoms with Gasteiger partial charge in [-0.1, -0.05) is 13.8 Å². The molecule has 0 radical (unpaired) electrons. The normalized spacial score (nSPS) is 14.0. The van der Waals surface area contributed by atoms with Gasteiger partial charge in [-0.2, -0.15) is 5.10 Å². The number of aromatic nitrogens is 2. The summed E-state index contributed by atoms with van der Waals surface area (Å²) in [7, 11) is 1.85. The molecule has 1 heterocycles. The lowest BCUT2D eigenvalue weighted by molar-refractivity contribution is -0.123. The minimum atomic E-state index is -0.459. The average Bonchev–Trinajstić information content (AvgIpc) is 2.63. The maximum atomic E-state index is 11.7. The van der Waals surface area contributed by atoms with Gasteiger partial charge in [-0.05, 0) is 12.8 Å². The summed E-state index contributed by atoms with van der Waals surface area (Å²) in [6.45, 7) is 5.78. The molecule has 0 aliphatic carbocycles. The van der Waals surface area contributed by atoms with Gasteiger partial charge in [0.25, 0.3) is 0 Å². The Hall–Kier alpha value is -1.07. The fourth-order valence-corrected chi connectivity index (χ4v) is 1.36. The molecule has 2 unspecified atom stereocenters. The van der Waals surface area contributed by atoms with Crippen molar-refractivity contribution in [2.45, 2.75) is 32.9 Å². The Bertz CT molecular complexity index is 364. The van der Waals surface area contributed by atoms with Crippen LogP contribution in [0.15, 0.2) is 12.4 Å². The van der Waals surface area contributed by atoms with E-state index < -0.39 is 6.04 Å². The smallest absolute Gasteiger partial charge is 0.237 e. The van der Waals surface area contributed by atoms with Crippen LogP contribution in [0.5, 0.6) is 0 Å². The van der Waals surface area contributed by atoms with Crippen molar-refractivity contribution in [1.29, 1.82) is 0 Å². The Kier molecular flexibility index (Phi) is 6.20. The largest absolute Gasteiger partial charge is 0.348 e. The second kappa shape index (κ2) is 6.61. The molecular formula is C11H21ClN4O. The number of carbonyl (C=O) groups is 1. The standard InChI is InChI=1S/C11H20N4O.ClH/c1-7(2)10(12)11(16)14-8(3)9-5-13-15(4)6-9;/h5-8,10H,12H2,1-4H3,(H,14,16);1H. The zero-order chi connectivity index (χ0) is 12.3. The Balaban J connectivity index is 0.00000256. The molecule has 2 atom stereocenters. The van der Waals surface area contributed by atoms with E-state index >= 15 is 0 Å². The van der Waals surface area contributed by atoms with E-state index in [0.29, 0.717) is 0 Å². The molecule has 1 aromatic heterocycles. The first-order chi connectivity index (χ1) is 7.41. The summed E-state index contributed by atoms with van der Waals surface area (Å²) in [5.41, 5.74) is 6.74. The molecule has 1 rings (SSSR count). The van der Waals surface area contributed by atoms with Gasteiger partial charge >= 0.3 is 0 Å². The third-order valence-corrected chi connectivity index (χ3v) is 2.60. The molecule has 0 aliphatic rings. The SMILES string of the molecule is CC(NC(=O)C(N)C(C)C)c1cnn(C)c1.Cl. The number of halogens is 1. The van der Waals surface area contributed by atoms with Crippen molar-refractivity contribution in [3.05, 3.63) is 18.0 Å². The van der Waals surface area contributed by atoms with Gasteiger partial charge in [-0.25, -0.2) is 0 Å². The second-order valence-electron chi connectivity index (χ2n) is 4.45. The van der Waals surface area contributed by atoms with Crippen LogP contribution in [0.1, 0.15) is 32.4 Å². The molecule has 0 saturated heterocycles. The fraction of sp³-hybridized carbons (Fsp3) is 0.636. The van der Waals surface area contributed by atoms with Gasteiger partial charge in [-0.15, -0.1) is 12.4 Å². The Morgan fingerprint density at radius 3 is 2.47 bits per heavy atom. The van der Waals surface area contributed by atoms with E-state index in [-0.39, 0.29) is 30.3 Å². The zero-order valence-electron chi connectivity index (χ0n) is 10.7. The maximum absolute atomic E-state index is 11.7. The average molecular weight is 261 g/mol. The highest BCUT2D eigenvalue weighted by molar-refractivity contribution is 5.85. The predicted molar refractivity (Wildman–Crippen MR) is 69.8 cm³/mol. The lowest BCUT2D eigenvalue weighted by atomic mass is 10.0. The van der Waals surface area contributed by atoms with Crippen LogP contribution in [0.2, 0.25) is 0 Å².